The Labute approximate surface area is 222 Å². The lowest BCUT2D eigenvalue weighted by molar-refractivity contribution is -0.138. The first-order valence-corrected chi connectivity index (χ1v) is 13.7. The molecule has 0 spiro atoms. The van der Waals surface area contributed by atoms with Crippen LogP contribution in [0.5, 0.6) is 0 Å². The normalized spacial score (nSPS) is 13.9. The van der Waals surface area contributed by atoms with Crippen molar-refractivity contribution in [2.24, 2.45) is 0 Å². The van der Waals surface area contributed by atoms with Crippen LogP contribution in [0.25, 0.3) is 0 Å². The van der Waals surface area contributed by atoms with E-state index in [-0.39, 0.29) is 10.8 Å². The molecule has 1 aliphatic rings. The molecular formula is C25H34N6O6S. The molecule has 1 fully saturated rings. The number of benzene rings is 2. The van der Waals surface area contributed by atoms with Gasteiger partial charge in [0.15, 0.2) is 0 Å². The molecule has 0 radical (unpaired) electrons. The minimum atomic E-state index is -3.94. The number of hydrazine groups is 1. The van der Waals surface area contributed by atoms with E-state index >= 15 is 0 Å². The Hall–Kier alpha value is -3.68. The summed E-state index contributed by atoms with van der Waals surface area (Å²) < 4.78 is 33.8. The van der Waals surface area contributed by atoms with Gasteiger partial charge in [0.05, 0.1) is 23.8 Å². The minimum Gasteiger partial charge on any atom is -0.379 e. The summed E-state index contributed by atoms with van der Waals surface area (Å²) in [4.78, 5) is 37.8. The van der Waals surface area contributed by atoms with Crippen molar-refractivity contribution in [1.29, 1.82) is 0 Å². The molecule has 13 heteroatoms. The topological polar surface area (TPSA) is 158 Å². The summed E-state index contributed by atoms with van der Waals surface area (Å²) in [7, 11) is -3.94. The van der Waals surface area contributed by atoms with Crippen molar-refractivity contribution < 1.29 is 27.5 Å². The summed E-state index contributed by atoms with van der Waals surface area (Å²) in [5.74, 6) is -1.89. The van der Waals surface area contributed by atoms with E-state index in [0.717, 1.165) is 31.6 Å². The second kappa shape index (κ2) is 13.2. The quantitative estimate of drug-likeness (QED) is 0.170. The maximum atomic E-state index is 13.0. The van der Waals surface area contributed by atoms with Crippen molar-refractivity contribution in [2.45, 2.75) is 32.1 Å². The molecule has 1 saturated heterocycles. The number of sulfonamides is 1. The number of hydrogen-bond donors (Lipinski definition) is 5. The summed E-state index contributed by atoms with van der Waals surface area (Å²) >= 11 is 0. The lowest BCUT2D eigenvalue weighted by Crippen LogP contribution is -2.43. The van der Waals surface area contributed by atoms with Crippen LogP contribution in [0.1, 0.15) is 24.5 Å². The van der Waals surface area contributed by atoms with E-state index in [1.807, 2.05) is 0 Å². The summed E-state index contributed by atoms with van der Waals surface area (Å²) in [5.41, 5.74) is 7.31. The predicted octanol–water partition coefficient (Wildman–Crippen LogP) is 1.34. The molecule has 0 aliphatic carbocycles. The van der Waals surface area contributed by atoms with Gasteiger partial charge in [0.2, 0.25) is 5.91 Å². The SMILES string of the molecule is CC(=O)Nc1c(C)ccc(S(=O)(=O)Nc2ccc(NNC(=O)C(=O)NCCCN3CCOCC3)cc2)c1C. The van der Waals surface area contributed by atoms with Gasteiger partial charge in [-0.05, 0) is 68.3 Å². The fourth-order valence-corrected chi connectivity index (χ4v) is 5.22. The highest BCUT2D eigenvalue weighted by atomic mass is 32.2. The molecule has 0 unspecified atom stereocenters. The average molecular weight is 547 g/mol. The van der Waals surface area contributed by atoms with E-state index in [1.54, 1.807) is 32.0 Å². The zero-order valence-electron chi connectivity index (χ0n) is 21.7. The number of aryl methyl sites for hydroxylation is 1. The highest BCUT2D eigenvalue weighted by Gasteiger charge is 2.21. The standard InChI is InChI=1S/C25H34N6O6S/c1-17-5-10-22(18(2)23(17)27-19(3)32)38(35,36)30-21-8-6-20(7-9-21)28-29-25(34)24(33)26-11-4-12-31-13-15-37-16-14-31/h5-10,28,30H,4,11-16H2,1-3H3,(H,26,33)(H,27,32)(H,29,34). The highest BCUT2D eigenvalue weighted by molar-refractivity contribution is 7.92. The van der Waals surface area contributed by atoms with Crippen LogP contribution in [-0.4, -0.2) is 70.4 Å². The van der Waals surface area contributed by atoms with Crippen LogP contribution >= 0.6 is 0 Å². The molecule has 2 aromatic carbocycles. The minimum absolute atomic E-state index is 0.0391. The van der Waals surface area contributed by atoms with E-state index in [2.05, 4.69) is 31.1 Å². The second-order valence-corrected chi connectivity index (χ2v) is 10.5. The molecule has 1 aliphatic heterocycles. The van der Waals surface area contributed by atoms with Gasteiger partial charge < -0.3 is 15.4 Å². The number of hydrogen-bond acceptors (Lipinski definition) is 8. The number of ether oxygens (including phenoxy) is 1. The van der Waals surface area contributed by atoms with E-state index in [0.29, 0.717) is 42.4 Å². The maximum absolute atomic E-state index is 13.0. The average Bonchev–Trinajstić information content (AvgIpc) is 2.88. The molecule has 0 saturated carbocycles. The van der Waals surface area contributed by atoms with Crippen LogP contribution in [0.3, 0.4) is 0 Å². The van der Waals surface area contributed by atoms with Crippen molar-refractivity contribution in [3.63, 3.8) is 0 Å². The number of carbonyl (C=O) groups excluding carboxylic acids is 3. The number of morpholine rings is 1. The molecular weight excluding hydrogens is 512 g/mol. The third kappa shape index (κ3) is 8.16. The van der Waals surface area contributed by atoms with Gasteiger partial charge in [-0.2, -0.15) is 0 Å². The molecule has 38 heavy (non-hydrogen) atoms. The van der Waals surface area contributed by atoms with E-state index in [1.165, 1.54) is 25.1 Å². The Balaban J connectivity index is 1.49. The first-order chi connectivity index (χ1) is 18.1. The van der Waals surface area contributed by atoms with Gasteiger partial charge in [-0.15, -0.1) is 0 Å². The van der Waals surface area contributed by atoms with Gasteiger partial charge in [0, 0.05) is 37.9 Å². The lowest BCUT2D eigenvalue weighted by atomic mass is 10.1. The fourth-order valence-electron chi connectivity index (χ4n) is 3.91. The van der Waals surface area contributed by atoms with Gasteiger partial charge in [0.25, 0.3) is 10.0 Å². The Morgan fingerprint density at radius 2 is 1.61 bits per heavy atom. The summed E-state index contributed by atoms with van der Waals surface area (Å²) in [6.45, 7) is 9.11. The molecule has 12 nitrogen and oxygen atoms in total. The second-order valence-electron chi connectivity index (χ2n) is 8.89. The van der Waals surface area contributed by atoms with Gasteiger partial charge >= 0.3 is 11.8 Å². The molecule has 1 heterocycles. The molecule has 2 aromatic rings. The maximum Gasteiger partial charge on any atom is 0.327 e. The zero-order valence-corrected chi connectivity index (χ0v) is 22.5. The molecule has 0 aromatic heterocycles. The molecule has 0 bridgehead atoms. The van der Waals surface area contributed by atoms with Gasteiger partial charge in [-0.1, -0.05) is 6.07 Å². The number of nitrogens with zero attached hydrogens (tertiary/aromatic N) is 1. The fraction of sp³-hybridized carbons (Fsp3) is 0.400. The van der Waals surface area contributed by atoms with Crippen LogP contribution in [-0.2, 0) is 29.1 Å². The van der Waals surface area contributed by atoms with Crippen LogP contribution in [0, 0.1) is 13.8 Å². The Morgan fingerprint density at radius 1 is 0.947 bits per heavy atom. The van der Waals surface area contributed by atoms with E-state index in [9.17, 15) is 22.8 Å². The third-order valence-corrected chi connectivity index (χ3v) is 7.44. The zero-order chi connectivity index (χ0) is 27.7. The summed E-state index contributed by atoms with van der Waals surface area (Å²) in [6, 6.07) is 9.22. The van der Waals surface area contributed by atoms with Crippen molar-refractivity contribution in [3.8, 4) is 0 Å². The van der Waals surface area contributed by atoms with Crippen molar-refractivity contribution in [3.05, 3.63) is 47.5 Å². The summed E-state index contributed by atoms with van der Waals surface area (Å²) in [6.07, 6.45) is 0.723. The van der Waals surface area contributed by atoms with Crippen molar-refractivity contribution >= 4 is 44.8 Å². The molecule has 3 amide bonds. The first kappa shape index (κ1) is 28.9. The molecule has 206 valence electrons. The highest BCUT2D eigenvalue weighted by Crippen LogP contribution is 2.28. The number of nitrogens with one attached hydrogen (secondary N) is 5. The van der Waals surface area contributed by atoms with Crippen LogP contribution in [0.15, 0.2) is 41.3 Å². The number of carbonyl (C=O) groups is 3. The van der Waals surface area contributed by atoms with E-state index < -0.39 is 21.8 Å². The van der Waals surface area contributed by atoms with E-state index in [4.69, 9.17) is 4.74 Å². The van der Waals surface area contributed by atoms with Gasteiger partial charge in [0.1, 0.15) is 0 Å². The largest absolute Gasteiger partial charge is 0.379 e. The summed E-state index contributed by atoms with van der Waals surface area (Å²) in [5, 5.41) is 5.26. The molecule has 5 N–H and O–H groups in total. The molecule has 0 atom stereocenters. The van der Waals surface area contributed by atoms with Gasteiger partial charge in [-0.3, -0.25) is 34.9 Å². The number of amides is 3. The van der Waals surface area contributed by atoms with Crippen LogP contribution in [0.2, 0.25) is 0 Å². The van der Waals surface area contributed by atoms with Crippen LogP contribution < -0.4 is 26.2 Å². The number of anilines is 3. The lowest BCUT2D eigenvalue weighted by Gasteiger charge is -2.26. The van der Waals surface area contributed by atoms with Gasteiger partial charge in [-0.25, -0.2) is 8.42 Å². The first-order valence-electron chi connectivity index (χ1n) is 12.2. The third-order valence-electron chi connectivity index (χ3n) is 5.92. The van der Waals surface area contributed by atoms with Crippen molar-refractivity contribution in [2.75, 3.05) is 54.9 Å². The number of rotatable bonds is 10. The van der Waals surface area contributed by atoms with Crippen molar-refractivity contribution in [1.82, 2.24) is 15.6 Å². The van der Waals surface area contributed by atoms with Crippen LogP contribution in [0.4, 0.5) is 17.1 Å². The Bertz CT molecular complexity index is 1260. The molecule has 3 rings (SSSR count). The Morgan fingerprint density at radius 3 is 2.26 bits per heavy atom. The Kier molecular flexibility index (Phi) is 10.0. The smallest absolute Gasteiger partial charge is 0.327 e. The predicted molar refractivity (Wildman–Crippen MR) is 144 cm³/mol. The monoisotopic (exact) mass is 546 g/mol.